The second-order valence-corrected chi connectivity index (χ2v) is 6.55. The maximum absolute atomic E-state index is 5.51. The van der Waals surface area contributed by atoms with Crippen LogP contribution < -0.4 is 5.32 Å². The van der Waals surface area contributed by atoms with Crippen LogP contribution in [0.2, 0.25) is 0 Å². The van der Waals surface area contributed by atoms with Crippen LogP contribution in [0.5, 0.6) is 0 Å². The first-order valence-corrected chi connectivity index (χ1v) is 8.44. The third-order valence-corrected chi connectivity index (χ3v) is 4.89. The number of likely N-dealkylation sites (tertiary alicyclic amines) is 1. The van der Waals surface area contributed by atoms with E-state index in [1.165, 1.54) is 56.4 Å². The quantitative estimate of drug-likeness (QED) is 0.895. The lowest BCUT2D eigenvalue weighted by Crippen LogP contribution is -2.30. The average Bonchev–Trinajstić information content (AvgIpc) is 3.02. The van der Waals surface area contributed by atoms with Crippen molar-refractivity contribution < 1.29 is 4.74 Å². The minimum absolute atomic E-state index is 0.436. The number of anilines is 1. The van der Waals surface area contributed by atoms with Gasteiger partial charge in [0.15, 0.2) is 0 Å². The Bertz CT molecular complexity index is 425. The first kappa shape index (κ1) is 14.9. The number of hydrogen-bond donors (Lipinski definition) is 1. The highest BCUT2D eigenvalue weighted by Crippen LogP contribution is 2.24. The van der Waals surface area contributed by atoms with Crippen molar-refractivity contribution in [3.63, 3.8) is 0 Å². The lowest BCUT2D eigenvalue weighted by atomic mass is 9.92. The molecule has 2 unspecified atom stereocenters. The van der Waals surface area contributed by atoms with E-state index < -0.39 is 0 Å². The molecule has 0 radical (unpaired) electrons. The molecule has 1 aromatic rings. The summed E-state index contributed by atoms with van der Waals surface area (Å²) in [5.74, 6) is 0. The second-order valence-electron chi connectivity index (χ2n) is 6.55. The monoisotopic (exact) mass is 288 g/mol. The molecule has 1 aliphatic carbocycles. The van der Waals surface area contributed by atoms with Gasteiger partial charge in [-0.25, -0.2) is 0 Å². The molecule has 2 atom stereocenters. The number of hydrogen-bond acceptors (Lipinski definition) is 3. The number of methoxy groups -OCH3 is 1. The van der Waals surface area contributed by atoms with Crippen molar-refractivity contribution in [1.29, 1.82) is 0 Å². The van der Waals surface area contributed by atoms with Crippen LogP contribution in [-0.2, 0) is 11.3 Å². The molecule has 1 N–H and O–H groups in total. The lowest BCUT2D eigenvalue weighted by Gasteiger charge is -2.29. The Morgan fingerprint density at radius 3 is 2.57 bits per heavy atom. The standard InChI is InChI=1S/C18H28N2O/c1-21-18-6-4-5-17(13-18)19-16-9-7-15(8-10-16)14-20-11-2-3-12-20/h7-10,17-19H,2-6,11-14H2,1H3. The first-order valence-electron chi connectivity index (χ1n) is 8.44. The van der Waals surface area contributed by atoms with Crippen LogP contribution in [0.3, 0.4) is 0 Å². The van der Waals surface area contributed by atoms with E-state index >= 15 is 0 Å². The summed E-state index contributed by atoms with van der Waals surface area (Å²) in [6.07, 6.45) is 8.03. The summed E-state index contributed by atoms with van der Waals surface area (Å²) in [4.78, 5) is 2.55. The molecule has 2 aliphatic rings. The fourth-order valence-corrected chi connectivity index (χ4v) is 3.63. The van der Waals surface area contributed by atoms with Crippen LogP contribution in [0.25, 0.3) is 0 Å². The fourth-order valence-electron chi connectivity index (χ4n) is 3.63. The number of nitrogens with zero attached hydrogens (tertiary/aromatic N) is 1. The highest BCUT2D eigenvalue weighted by atomic mass is 16.5. The summed E-state index contributed by atoms with van der Waals surface area (Å²) in [5.41, 5.74) is 2.68. The molecule has 0 bridgehead atoms. The Hall–Kier alpha value is -1.06. The van der Waals surface area contributed by atoms with Crippen LogP contribution in [-0.4, -0.2) is 37.2 Å². The number of ether oxygens (including phenoxy) is 1. The zero-order valence-electron chi connectivity index (χ0n) is 13.2. The molecule has 1 aromatic carbocycles. The van der Waals surface area contributed by atoms with Gasteiger partial charge in [0.05, 0.1) is 6.10 Å². The van der Waals surface area contributed by atoms with Gasteiger partial charge in [-0.15, -0.1) is 0 Å². The topological polar surface area (TPSA) is 24.5 Å². The van der Waals surface area contributed by atoms with Crippen LogP contribution in [0.15, 0.2) is 24.3 Å². The van der Waals surface area contributed by atoms with Crippen molar-refractivity contribution in [2.75, 3.05) is 25.5 Å². The largest absolute Gasteiger partial charge is 0.382 e. The van der Waals surface area contributed by atoms with Gasteiger partial charge in [-0.2, -0.15) is 0 Å². The minimum atomic E-state index is 0.436. The Labute approximate surface area is 128 Å². The van der Waals surface area contributed by atoms with Crippen molar-refractivity contribution in [2.24, 2.45) is 0 Å². The lowest BCUT2D eigenvalue weighted by molar-refractivity contribution is 0.0669. The van der Waals surface area contributed by atoms with E-state index in [-0.39, 0.29) is 0 Å². The van der Waals surface area contributed by atoms with E-state index in [9.17, 15) is 0 Å². The Morgan fingerprint density at radius 1 is 1.10 bits per heavy atom. The Kier molecular flexibility index (Phi) is 5.15. The Balaban J connectivity index is 1.51. The summed E-state index contributed by atoms with van der Waals surface area (Å²) in [6.45, 7) is 3.64. The molecule has 2 fully saturated rings. The van der Waals surface area contributed by atoms with Gasteiger partial charge in [0.25, 0.3) is 0 Å². The molecular weight excluding hydrogens is 260 g/mol. The van der Waals surface area contributed by atoms with Crippen LogP contribution in [0, 0.1) is 0 Å². The molecule has 1 saturated heterocycles. The predicted octanol–water partition coefficient (Wildman–Crippen LogP) is 3.65. The summed E-state index contributed by atoms with van der Waals surface area (Å²) < 4.78 is 5.51. The molecule has 3 heteroatoms. The average molecular weight is 288 g/mol. The van der Waals surface area contributed by atoms with Crippen molar-refractivity contribution in [1.82, 2.24) is 4.90 Å². The fraction of sp³-hybridized carbons (Fsp3) is 0.667. The van der Waals surface area contributed by atoms with E-state index in [0.717, 1.165) is 13.0 Å². The van der Waals surface area contributed by atoms with Gasteiger partial charge >= 0.3 is 0 Å². The highest BCUT2D eigenvalue weighted by molar-refractivity contribution is 5.45. The van der Waals surface area contributed by atoms with Crippen molar-refractivity contribution in [3.05, 3.63) is 29.8 Å². The van der Waals surface area contributed by atoms with Gasteiger partial charge in [0.2, 0.25) is 0 Å². The first-order chi connectivity index (χ1) is 10.3. The number of nitrogens with one attached hydrogen (secondary N) is 1. The molecule has 3 rings (SSSR count). The predicted molar refractivity (Wildman–Crippen MR) is 87.6 cm³/mol. The molecule has 116 valence electrons. The third-order valence-electron chi connectivity index (χ3n) is 4.89. The molecule has 0 spiro atoms. The molecule has 21 heavy (non-hydrogen) atoms. The van der Waals surface area contributed by atoms with Gasteiger partial charge in [-0.1, -0.05) is 12.1 Å². The summed E-state index contributed by atoms with van der Waals surface area (Å²) in [5, 5.41) is 3.67. The van der Waals surface area contributed by atoms with E-state index in [2.05, 4.69) is 34.5 Å². The third kappa shape index (κ3) is 4.21. The molecule has 0 amide bonds. The van der Waals surface area contributed by atoms with Gasteiger partial charge in [0.1, 0.15) is 0 Å². The highest BCUT2D eigenvalue weighted by Gasteiger charge is 2.21. The zero-order chi connectivity index (χ0) is 14.5. The molecule has 3 nitrogen and oxygen atoms in total. The normalized spacial score (nSPS) is 26.9. The molecule has 1 saturated carbocycles. The van der Waals surface area contributed by atoms with E-state index in [4.69, 9.17) is 4.74 Å². The number of rotatable bonds is 5. The van der Waals surface area contributed by atoms with Crippen LogP contribution in [0.1, 0.15) is 44.1 Å². The van der Waals surface area contributed by atoms with E-state index in [1.54, 1.807) is 0 Å². The number of benzene rings is 1. The Morgan fingerprint density at radius 2 is 1.86 bits per heavy atom. The molecule has 1 heterocycles. The SMILES string of the molecule is COC1CCCC(Nc2ccc(CN3CCCC3)cc2)C1. The minimum Gasteiger partial charge on any atom is -0.382 e. The summed E-state index contributed by atoms with van der Waals surface area (Å²) >= 11 is 0. The van der Waals surface area contributed by atoms with Gasteiger partial charge < -0.3 is 10.1 Å². The van der Waals surface area contributed by atoms with E-state index in [0.29, 0.717) is 12.1 Å². The van der Waals surface area contributed by atoms with Crippen LogP contribution in [0.4, 0.5) is 5.69 Å². The van der Waals surface area contributed by atoms with Crippen LogP contribution >= 0.6 is 0 Å². The summed E-state index contributed by atoms with van der Waals surface area (Å²) in [7, 11) is 1.83. The molecule has 1 aliphatic heterocycles. The van der Waals surface area contributed by atoms with Gasteiger partial charge in [-0.3, -0.25) is 4.90 Å². The van der Waals surface area contributed by atoms with Crippen molar-refractivity contribution >= 4 is 5.69 Å². The maximum Gasteiger partial charge on any atom is 0.0590 e. The smallest absolute Gasteiger partial charge is 0.0590 e. The second kappa shape index (κ2) is 7.28. The zero-order valence-corrected chi connectivity index (χ0v) is 13.2. The van der Waals surface area contributed by atoms with Crippen molar-refractivity contribution in [3.8, 4) is 0 Å². The van der Waals surface area contributed by atoms with Gasteiger partial charge in [-0.05, 0) is 69.3 Å². The molecular formula is C18H28N2O. The van der Waals surface area contributed by atoms with Crippen molar-refractivity contribution in [2.45, 2.75) is 57.2 Å². The van der Waals surface area contributed by atoms with E-state index in [1.807, 2.05) is 7.11 Å². The maximum atomic E-state index is 5.51. The van der Waals surface area contributed by atoms with Gasteiger partial charge in [0, 0.05) is 25.4 Å². The summed E-state index contributed by atoms with van der Waals surface area (Å²) in [6, 6.07) is 9.59. The molecule has 0 aromatic heterocycles.